The van der Waals surface area contributed by atoms with Gasteiger partial charge in [-0.3, -0.25) is 14.6 Å². The number of carbonyl (C=O) groups excluding carboxylic acids is 2. The van der Waals surface area contributed by atoms with Gasteiger partial charge in [-0.15, -0.1) is 0 Å². The van der Waals surface area contributed by atoms with E-state index in [4.69, 9.17) is 11.6 Å². The van der Waals surface area contributed by atoms with E-state index >= 15 is 0 Å². The number of rotatable bonds is 5. The average Bonchev–Trinajstić information content (AvgIpc) is 2.93. The van der Waals surface area contributed by atoms with Gasteiger partial charge in [0.25, 0.3) is 0 Å². The molecule has 0 unspecified atom stereocenters. The number of hydrogen-bond acceptors (Lipinski definition) is 4. The second kappa shape index (κ2) is 8.70. The zero-order chi connectivity index (χ0) is 22.1. The lowest BCUT2D eigenvalue weighted by atomic mass is 9.94. The van der Waals surface area contributed by atoms with Gasteiger partial charge in [-0.05, 0) is 12.1 Å². The van der Waals surface area contributed by atoms with Crippen LogP contribution in [0.1, 0.15) is 5.56 Å². The molecule has 12 heteroatoms. The predicted octanol–water partition coefficient (Wildman–Crippen LogP) is 3.84. The van der Waals surface area contributed by atoms with Crippen molar-refractivity contribution in [3.63, 3.8) is 0 Å². The molecule has 1 heterocycles. The highest BCUT2D eigenvalue weighted by Crippen LogP contribution is 2.40. The molecule has 0 aliphatic carbocycles. The van der Waals surface area contributed by atoms with Crippen LogP contribution in [-0.2, 0) is 15.8 Å². The molecule has 1 aliphatic heterocycles. The third-order valence-corrected chi connectivity index (χ3v) is 6.01. The van der Waals surface area contributed by atoms with Crippen molar-refractivity contribution >= 4 is 51.8 Å². The molecule has 2 rings (SSSR count). The Bertz CT molecular complexity index is 877. The minimum Gasteiger partial charge on any atom is -0.344 e. The van der Waals surface area contributed by atoms with E-state index in [1.807, 2.05) is 5.32 Å². The van der Waals surface area contributed by atoms with Crippen molar-refractivity contribution in [3.8, 4) is 0 Å². The molecule has 0 saturated carbocycles. The van der Waals surface area contributed by atoms with Crippen molar-refractivity contribution in [2.45, 2.75) is 6.18 Å². The summed E-state index contributed by atoms with van der Waals surface area (Å²) in [7, 11) is 2.92. The fourth-order valence-corrected chi connectivity index (χ4v) is 3.78. The first-order valence-electron chi connectivity index (χ1n) is 8.07. The van der Waals surface area contributed by atoms with Gasteiger partial charge in [0.1, 0.15) is 22.5 Å². The Kier molecular flexibility index (Phi) is 6.94. The van der Waals surface area contributed by atoms with Crippen molar-refractivity contribution in [2.75, 3.05) is 26.0 Å². The number of carbonyl (C=O) groups is 2. The zero-order valence-corrected chi connectivity index (χ0v) is 17.6. The highest BCUT2D eigenvalue weighted by Gasteiger charge is 2.46. The number of nitrogens with zero attached hydrogens (tertiary/aromatic N) is 3. The van der Waals surface area contributed by atoms with E-state index in [1.165, 1.54) is 24.0 Å². The lowest BCUT2D eigenvalue weighted by Crippen LogP contribution is -2.34. The van der Waals surface area contributed by atoms with Crippen LogP contribution in [0, 0.1) is 17.7 Å². The van der Waals surface area contributed by atoms with Crippen LogP contribution in [-0.4, -0.2) is 49.1 Å². The third-order valence-electron chi connectivity index (χ3n) is 4.37. The van der Waals surface area contributed by atoms with Crippen LogP contribution in [0.4, 0.5) is 23.2 Å². The number of hydrogen-bond donors (Lipinski definition) is 1. The summed E-state index contributed by atoms with van der Waals surface area (Å²) in [6.45, 7) is 3.39. The van der Waals surface area contributed by atoms with Gasteiger partial charge in [0, 0.05) is 37.8 Å². The Morgan fingerprint density at radius 1 is 1.45 bits per heavy atom. The molecular formula is C17H16BrClF4N4O2. The lowest BCUT2D eigenvalue weighted by molar-refractivity contribution is -0.139. The highest BCUT2D eigenvalue weighted by atomic mass is 79.9. The van der Waals surface area contributed by atoms with Gasteiger partial charge in [0.05, 0.1) is 5.69 Å². The molecule has 1 saturated heterocycles. The summed E-state index contributed by atoms with van der Waals surface area (Å²) in [5, 5.41) is 6.88. The minimum absolute atomic E-state index is 0.0487. The van der Waals surface area contributed by atoms with Gasteiger partial charge >= 0.3 is 6.18 Å². The molecule has 6 nitrogen and oxygen atoms in total. The molecule has 2 atom stereocenters. The quantitative estimate of drug-likeness (QED) is 0.220. The van der Waals surface area contributed by atoms with E-state index in [1.54, 1.807) is 0 Å². The lowest BCUT2D eigenvalue weighted by Gasteiger charge is -2.21. The van der Waals surface area contributed by atoms with Crippen molar-refractivity contribution in [2.24, 2.45) is 16.9 Å². The molecule has 0 bridgehead atoms. The van der Waals surface area contributed by atoms with Crippen LogP contribution in [0.25, 0.3) is 0 Å². The topological polar surface area (TPSA) is 65.0 Å². The summed E-state index contributed by atoms with van der Waals surface area (Å²) >= 11 is 9.40. The summed E-state index contributed by atoms with van der Waals surface area (Å²) in [5.41, 5.74) is -2.40. The summed E-state index contributed by atoms with van der Waals surface area (Å²) in [4.78, 5) is 26.5. The van der Waals surface area contributed by atoms with Crippen molar-refractivity contribution in [1.29, 1.82) is 0 Å². The number of likely N-dealkylation sites (tertiary alicyclic amines) is 1. The van der Waals surface area contributed by atoms with Crippen LogP contribution in [0.5, 0.6) is 0 Å². The van der Waals surface area contributed by atoms with E-state index < -0.39 is 46.9 Å². The van der Waals surface area contributed by atoms with Crippen molar-refractivity contribution in [3.05, 3.63) is 39.2 Å². The van der Waals surface area contributed by atoms with E-state index in [-0.39, 0.29) is 16.2 Å². The molecule has 1 N–H and O–H groups in total. The molecule has 29 heavy (non-hydrogen) atoms. The molecule has 2 amide bonds. The van der Waals surface area contributed by atoms with Crippen molar-refractivity contribution < 1.29 is 27.2 Å². The largest absolute Gasteiger partial charge is 0.421 e. The monoisotopic (exact) mass is 498 g/mol. The number of amides is 2. The van der Waals surface area contributed by atoms with E-state index in [0.29, 0.717) is 6.07 Å². The SMILES string of the molecule is C=NN(C)/C(Cl)=C(\Br)[C@H]1CN(C)C(=O)[C@@H]1C(=O)Nc1cccc(F)c1C(F)(F)F. The Hall–Kier alpha value is -2.14. The van der Waals surface area contributed by atoms with Gasteiger partial charge in [-0.25, -0.2) is 4.39 Å². The number of nitrogens with one attached hydrogen (secondary N) is 1. The number of anilines is 1. The number of halogens is 6. The summed E-state index contributed by atoms with van der Waals surface area (Å²) in [6, 6.07) is 2.57. The number of hydrazone groups is 1. The number of benzene rings is 1. The van der Waals surface area contributed by atoms with Gasteiger partial charge in [0.15, 0.2) is 0 Å². The second-order valence-corrected chi connectivity index (χ2v) is 7.47. The first-order valence-corrected chi connectivity index (χ1v) is 9.24. The maximum atomic E-state index is 13.8. The highest BCUT2D eigenvalue weighted by molar-refractivity contribution is 9.11. The van der Waals surface area contributed by atoms with E-state index in [0.717, 1.165) is 12.1 Å². The van der Waals surface area contributed by atoms with Gasteiger partial charge < -0.3 is 10.2 Å². The molecule has 0 spiro atoms. The first-order chi connectivity index (χ1) is 13.4. The molecule has 1 fully saturated rings. The Balaban J connectivity index is 2.42. The molecular weight excluding hydrogens is 484 g/mol. The normalized spacial score (nSPS) is 20.4. The first kappa shape index (κ1) is 23.1. The smallest absolute Gasteiger partial charge is 0.344 e. The predicted molar refractivity (Wildman–Crippen MR) is 104 cm³/mol. The molecule has 1 aromatic rings. The maximum Gasteiger partial charge on any atom is 0.421 e. The third kappa shape index (κ3) is 4.72. The van der Waals surface area contributed by atoms with Crippen LogP contribution in [0.2, 0.25) is 0 Å². The Morgan fingerprint density at radius 3 is 2.62 bits per heavy atom. The Morgan fingerprint density at radius 2 is 2.07 bits per heavy atom. The van der Waals surface area contributed by atoms with Crippen LogP contribution in [0.3, 0.4) is 0 Å². The molecule has 0 radical (unpaired) electrons. The van der Waals surface area contributed by atoms with Gasteiger partial charge in [-0.2, -0.15) is 18.3 Å². The van der Waals surface area contributed by atoms with Crippen LogP contribution in [0.15, 0.2) is 32.9 Å². The van der Waals surface area contributed by atoms with Crippen molar-refractivity contribution in [1.82, 2.24) is 9.91 Å². The molecule has 158 valence electrons. The standard InChI is InChI=1S/C17H16BrClF4N4O2/c1-24-27(3)14(19)13(18)8-7-26(2)16(29)11(8)15(28)25-10-6-4-5-9(20)12(10)17(21,22)23/h4-6,8,11H,1,7H2,2-3H3,(H,25,28)/b14-13-/t8-,11-/m0/s1. The summed E-state index contributed by atoms with van der Waals surface area (Å²) in [5.74, 6) is -5.36. The molecule has 1 aromatic carbocycles. The molecule has 1 aliphatic rings. The van der Waals surface area contributed by atoms with Crippen LogP contribution >= 0.6 is 27.5 Å². The zero-order valence-electron chi connectivity index (χ0n) is 15.2. The Labute approximate surface area is 177 Å². The average molecular weight is 500 g/mol. The second-order valence-electron chi connectivity index (χ2n) is 6.26. The number of alkyl halides is 3. The van der Waals surface area contributed by atoms with E-state index in [9.17, 15) is 27.2 Å². The van der Waals surface area contributed by atoms with Gasteiger partial charge in [0.2, 0.25) is 11.8 Å². The van der Waals surface area contributed by atoms with Crippen LogP contribution < -0.4 is 5.32 Å². The summed E-state index contributed by atoms with van der Waals surface area (Å²) in [6.07, 6.45) is -5.04. The fourth-order valence-electron chi connectivity index (χ4n) is 2.92. The summed E-state index contributed by atoms with van der Waals surface area (Å²) < 4.78 is 53.6. The minimum atomic E-state index is -5.04. The van der Waals surface area contributed by atoms with E-state index in [2.05, 4.69) is 27.7 Å². The fraction of sp³-hybridized carbons (Fsp3) is 0.353. The maximum absolute atomic E-state index is 13.8. The van der Waals surface area contributed by atoms with Gasteiger partial charge in [-0.1, -0.05) is 33.6 Å². The molecule has 0 aromatic heterocycles.